The van der Waals surface area contributed by atoms with Gasteiger partial charge in [0.25, 0.3) is 0 Å². The van der Waals surface area contributed by atoms with E-state index in [0.29, 0.717) is 11.9 Å². The number of nitrogens with one attached hydrogen (secondary N) is 2. The van der Waals surface area contributed by atoms with E-state index < -0.39 is 0 Å². The zero-order valence-corrected chi connectivity index (χ0v) is 9.36. The largest absolute Gasteiger partial charge is 0.381 e. The maximum atomic E-state index is 5.36. The van der Waals surface area contributed by atoms with Crippen molar-refractivity contribution in [1.29, 1.82) is 0 Å². The molecule has 0 aliphatic carbocycles. The second-order valence-corrected chi connectivity index (χ2v) is 3.87. The summed E-state index contributed by atoms with van der Waals surface area (Å²) in [5, 5.41) is 3.40. The Balaban J connectivity index is 2.08. The molecule has 1 aromatic heterocycles. The van der Waals surface area contributed by atoms with Crippen LogP contribution in [0.25, 0.3) is 0 Å². The van der Waals surface area contributed by atoms with E-state index in [0.717, 1.165) is 37.4 Å². The Hall–Kier alpha value is -1.40. The van der Waals surface area contributed by atoms with E-state index in [-0.39, 0.29) is 0 Å². The Kier molecular flexibility index (Phi) is 3.53. The smallest absolute Gasteiger partial charge is 0.148 e. The molecule has 1 aliphatic heterocycles. The molecule has 16 heavy (non-hydrogen) atoms. The Morgan fingerprint density at radius 3 is 2.69 bits per heavy atom. The molecule has 0 radical (unpaired) electrons. The summed E-state index contributed by atoms with van der Waals surface area (Å²) in [6.07, 6.45) is 3.52. The minimum absolute atomic E-state index is 0.424. The molecule has 4 N–H and O–H groups in total. The molecule has 2 rings (SSSR count). The van der Waals surface area contributed by atoms with Gasteiger partial charge in [0.15, 0.2) is 0 Å². The van der Waals surface area contributed by atoms with Gasteiger partial charge in [-0.05, 0) is 19.8 Å². The predicted molar refractivity (Wildman–Crippen MR) is 62.0 cm³/mol. The average molecular weight is 223 g/mol. The Bertz CT molecular complexity index is 351. The van der Waals surface area contributed by atoms with Crippen LogP contribution in [0.1, 0.15) is 18.4 Å². The van der Waals surface area contributed by atoms with Crippen LogP contribution < -0.4 is 16.6 Å². The number of hydrazine groups is 1. The molecule has 1 aromatic rings. The van der Waals surface area contributed by atoms with E-state index >= 15 is 0 Å². The quantitative estimate of drug-likeness (QED) is 0.515. The number of anilines is 2. The number of rotatable bonds is 3. The van der Waals surface area contributed by atoms with Crippen LogP contribution in [-0.4, -0.2) is 29.2 Å². The summed E-state index contributed by atoms with van der Waals surface area (Å²) in [5.74, 6) is 6.86. The first-order valence-corrected chi connectivity index (χ1v) is 5.43. The lowest BCUT2D eigenvalue weighted by atomic mass is 10.1. The highest BCUT2D eigenvalue weighted by Gasteiger charge is 2.15. The summed E-state index contributed by atoms with van der Waals surface area (Å²) in [5.41, 5.74) is 3.50. The maximum absolute atomic E-state index is 5.36. The molecular formula is C10H17N5O. The van der Waals surface area contributed by atoms with Gasteiger partial charge < -0.3 is 15.5 Å². The highest BCUT2D eigenvalue weighted by Crippen LogP contribution is 2.20. The number of nitrogen functional groups attached to an aromatic ring is 1. The maximum Gasteiger partial charge on any atom is 0.148 e. The summed E-state index contributed by atoms with van der Waals surface area (Å²) in [6, 6.07) is 0.424. The van der Waals surface area contributed by atoms with Gasteiger partial charge in [-0.15, -0.1) is 0 Å². The molecule has 0 unspecified atom stereocenters. The summed E-state index contributed by atoms with van der Waals surface area (Å²) in [6.45, 7) is 3.56. The van der Waals surface area contributed by atoms with Crippen LogP contribution in [0.15, 0.2) is 6.33 Å². The molecule has 0 spiro atoms. The standard InChI is InChI=1S/C10H17N5O/c1-7-9(12-6-13-10(7)15-11)14-8-2-4-16-5-3-8/h6,8H,2-5,11H2,1H3,(H2,12,13,14,15). The van der Waals surface area contributed by atoms with E-state index in [4.69, 9.17) is 10.6 Å². The van der Waals surface area contributed by atoms with Crippen molar-refractivity contribution in [2.24, 2.45) is 5.84 Å². The van der Waals surface area contributed by atoms with Crippen molar-refractivity contribution < 1.29 is 4.74 Å². The van der Waals surface area contributed by atoms with Gasteiger partial charge in [0, 0.05) is 24.8 Å². The van der Waals surface area contributed by atoms with Gasteiger partial charge in [0.05, 0.1) is 0 Å². The van der Waals surface area contributed by atoms with Crippen molar-refractivity contribution in [3.63, 3.8) is 0 Å². The molecular weight excluding hydrogens is 206 g/mol. The van der Waals surface area contributed by atoms with Crippen molar-refractivity contribution in [2.75, 3.05) is 24.0 Å². The Morgan fingerprint density at radius 2 is 2.00 bits per heavy atom. The van der Waals surface area contributed by atoms with Crippen LogP contribution >= 0.6 is 0 Å². The van der Waals surface area contributed by atoms with Crippen LogP contribution in [0, 0.1) is 6.92 Å². The van der Waals surface area contributed by atoms with Crippen molar-refractivity contribution in [3.05, 3.63) is 11.9 Å². The highest BCUT2D eigenvalue weighted by atomic mass is 16.5. The molecule has 0 atom stereocenters. The third kappa shape index (κ3) is 2.40. The van der Waals surface area contributed by atoms with E-state index in [1.807, 2.05) is 6.92 Å². The molecule has 0 aromatic carbocycles. The molecule has 2 heterocycles. The Labute approximate surface area is 94.6 Å². The molecule has 0 bridgehead atoms. The highest BCUT2D eigenvalue weighted by molar-refractivity contribution is 5.56. The summed E-state index contributed by atoms with van der Waals surface area (Å²) in [7, 11) is 0. The number of nitrogens with zero attached hydrogens (tertiary/aromatic N) is 2. The third-order valence-electron chi connectivity index (χ3n) is 2.78. The Morgan fingerprint density at radius 1 is 1.31 bits per heavy atom. The first-order chi connectivity index (χ1) is 7.81. The molecule has 1 aliphatic rings. The molecule has 1 fully saturated rings. The van der Waals surface area contributed by atoms with Gasteiger partial charge in [0.2, 0.25) is 0 Å². The number of hydrogen-bond donors (Lipinski definition) is 3. The SMILES string of the molecule is Cc1c(NN)ncnc1NC1CCOCC1. The van der Waals surface area contributed by atoms with Crippen molar-refractivity contribution >= 4 is 11.6 Å². The number of nitrogens with two attached hydrogens (primary N) is 1. The third-order valence-corrected chi connectivity index (χ3v) is 2.78. The van der Waals surface area contributed by atoms with Gasteiger partial charge in [0.1, 0.15) is 18.0 Å². The number of hydrogen-bond acceptors (Lipinski definition) is 6. The van der Waals surface area contributed by atoms with Crippen molar-refractivity contribution in [1.82, 2.24) is 9.97 Å². The predicted octanol–water partition coefficient (Wildman–Crippen LogP) is 0.662. The van der Waals surface area contributed by atoms with Gasteiger partial charge in [-0.2, -0.15) is 0 Å². The summed E-state index contributed by atoms with van der Waals surface area (Å²) < 4.78 is 5.31. The molecule has 0 saturated carbocycles. The monoisotopic (exact) mass is 223 g/mol. The van der Waals surface area contributed by atoms with Gasteiger partial charge in [-0.25, -0.2) is 15.8 Å². The number of ether oxygens (including phenoxy) is 1. The van der Waals surface area contributed by atoms with Crippen LogP contribution in [0.2, 0.25) is 0 Å². The second kappa shape index (κ2) is 5.09. The van der Waals surface area contributed by atoms with E-state index in [1.54, 1.807) is 0 Å². The van der Waals surface area contributed by atoms with E-state index in [1.165, 1.54) is 6.33 Å². The minimum atomic E-state index is 0.424. The zero-order valence-electron chi connectivity index (χ0n) is 9.36. The van der Waals surface area contributed by atoms with Gasteiger partial charge in [-0.1, -0.05) is 0 Å². The zero-order chi connectivity index (χ0) is 11.4. The van der Waals surface area contributed by atoms with Gasteiger partial charge in [-0.3, -0.25) is 0 Å². The molecule has 6 nitrogen and oxygen atoms in total. The molecule has 88 valence electrons. The lowest BCUT2D eigenvalue weighted by Gasteiger charge is -2.24. The molecule has 6 heteroatoms. The van der Waals surface area contributed by atoms with Crippen LogP contribution in [0.3, 0.4) is 0 Å². The fourth-order valence-corrected chi connectivity index (χ4v) is 1.78. The average Bonchev–Trinajstić information content (AvgIpc) is 2.33. The van der Waals surface area contributed by atoms with E-state index in [9.17, 15) is 0 Å². The van der Waals surface area contributed by atoms with Crippen LogP contribution in [0.4, 0.5) is 11.6 Å². The number of aromatic nitrogens is 2. The second-order valence-electron chi connectivity index (χ2n) is 3.87. The van der Waals surface area contributed by atoms with Crippen molar-refractivity contribution in [3.8, 4) is 0 Å². The molecule has 1 saturated heterocycles. The fraction of sp³-hybridized carbons (Fsp3) is 0.600. The lowest BCUT2D eigenvalue weighted by molar-refractivity contribution is 0.0904. The fourth-order valence-electron chi connectivity index (χ4n) is 1.78. The first-order valence-electron chi connectivity index (χ1n) is 5.43. The van der Waals surface area contributed by atoms with E-state index in [2.05, 4.69) is 20.7 Å². The van der Waals surface area contributed by atoms with Crippen LogP contribution in [-0.2, 0) is 4.74 Å². The molecule has 0 amide bonds. The first kappa shape index (κ1) is 11.1. The van der Waals surface area contributed by atoms with Gasteiger partial charge >= 0.3 is 0 Å². The topological polar surface area (TPSA) is 85.1 Å². The lowest BCUT2D eigenvalue weighted by Crippen LogP contribution is -2.28. The summed E-state index contributed by atoms with van der Waals surface area (Å²) >= 11 is 0. The van der Waals surface area contributed by atoms with Crippen molar-refractivity contribution in [2.45, 2.75) is 25.8 Å². The normalized spacial score (nSPS) is 17.1. The minimum Gasteiger partial charge on any atom is -0.381 e. The van der Waals surface area contributed by atoms with Crippen LogP contribution in [0.5, 0.6) is 0 Å². The summed E-state index contributed by atoms with van der Waals surface area (Å²) in [4.78, 5) is 8.26.